The number of nitrogen functional groups attached to an aromatic ring is 1. The van der Waals surface area contributed by atoms with Crippen molar-refractivity contribution in [3.63, 3.8) is 0 Å². The molecule has 7 nitrogen and oxygen atoms in total. The fourth-order valence-corrected chi connectivity index (χ4v) is 2.47. The van der Waals surface area contributed by atoms with Gasteiger partial charge in [0, 0.05) is 6.07 Å². The molecular formula is C10H9ClN4O3S. The van der Waals surface area contributed by atoms with Gasteiger partial charge in [-0.05, 0) is 18.2 Å². The van der Waals surface area contributed by atoms with E-state index >= 15 is 0 Å². The van der Waals surface area contributed by atoms with Crippen LogP contribution in [0.25, 0.3) is 0 Å². The Morgan fingerprint density at radius 1 is 1.26 bits per heavy atom. The van der Waals surface area contributed by atoms with E-state index < -0.39 is 10.0 Å². The van der Waals surface area contributed by atoms with Gasteiger partial charge in [0.25, 0.3) is 10.0 Å². The smallest absolute Gasteiger partial charge is 0.263 e. The monoisotopic (exact) mass is 300 g/mol. The third-order valence-electron chi connectivity index (χ3n) is 2.18. The van der Waals surface area contributed by atoms with E-state index in [0.29, 0.717) is 0 Å². The van der Waals surface area contributed by atoms with Crippen LogP contribution < -0.4 is 10.5 Å². The summed E-state index contributed by atoms with van der Waals surface area (Å²) in [5.41, 5.74) is 5.41. The molecule has 0 saturated carbocycles. The molecule has 0 saturated heterocycles. The number of benzene rings is 1. The van der Waals surface area contributed by atoms with Crippen LogP contribution >= 0.6 is 11.6 Å². The third-order valence-corrected chi connectivity index (χ3v) is 3.74. The van der Waals surface area contributed by atoms with E-state index in [1.807, 2.05) is 0 Å². The van der Waals surface area contributed by atoms with Gasteiger partial charge in [-0.25, -0.2) is 18.4 Å². The zero-order chi connectivity index (χ0) is 14.0. The van der Waals surface area contributed by atoms with Gasteiger partial charge in [0.15, 0.2) is 0 Å². The van der Waals surface area contributed by atoms with Gasteiger partial charge >= 0.3 is 0 Å². The normalized spacial score (nSPS) is 11.2. The number of hydrogen-bond acceptors (Lipinski definition) is 6. The van der Waals surface area contributed by atoms with Crippen LogP contribution in [0.4, 0.5) is 11.5 Å². The summed E-state index contributed by atoms with van der Waals surface area (Å²) in [6.45, 7) is 0. The van der Waals surface area contributed by atoms with Gasteiger partial charge in [0.2, 0.25) is 0 Å². The molecule has 0 atom stereocenters. The Kier molecular flexibility index (Phi) is 3.45. The predicted molar refractivity (Wildman–Crippen MR) is 70.4 cm³/mol. The Morgan fingerprint density at radius 3 is 2.63 bits per heavy atom. The lowest BCUT2D eigenvalue weighted by Crippen LogP contribution is -2.14. The molecule has 2 aromatic rings. The highest BCUT2D eigenvalue weighted by molar-refractivity contribution is 7.92. The van der Waals surface area contributed by atoms with Crippen LogP contribution in [-0.2, 0) is 10.0 Å². The van der Waals surface area contributed by atoms with E-state index in [-0.39, 0.29) is 27.3 Å². The number of nitrogens with two attached hydrogens (primary N) is 1. The van der Waals surface area contributed by atoms with Crippen molar-refractivity contribution in [3.8, 4) is 5.75 Å². The number of phenols is 1. The standard InChI is InChI=1S/C10H9ClN4O3S/c11-9-4-10(14-5-13-9)15-19(17,18)6-1-2-8(16)7(12)3-6/h1-5,16H,12H2,(H,13,14,15). The van der Waals surface area contributed by atoms with Crippen LogP contribution in [-0.4, -0.2) is 23.5 Å². The summed E-state index contributed by atoms with van der Waals surface area (Å²) in [6.07, 6.45) is 1.13. The van der Waals surface area contributed by atoms with Crippen molar-refractivity contribution in [2.24, 2.45) is 0 Å². The summed E-state index contributed by atoms with van der Waals surface area (Å²) in [5.74, 6) is -0.157. The summed E-state index contributed by atoms with van der Waals surface area (Å²) in [7, 11) is -3.86. The molecule has 2 rings (SSSR count). The van der Waals surface area contributed by atoms with Crippen molar-refractivity contribution < 1.29 is 13.5 Å². The average Bonchev–Trinajstić information content (AvgIpc) is 2.32. The lowest BCUT2D eigenvalue weighted by Gasteiger charge is -2.08. The number of hydrogen-bond donors (Lipinski definition) is 3. The number of nitrogens with one attached hydrogen (secondary N) is 1. The Balaban J connectivity index is 2.35. The lowest BCUT2D eigenvalue weighted by atomic mass is 10.3. The van der Waals surface area contributed by atoms with Crippen LogP contribution in [0.15, 0.2) is 35.5 Å². The molecule has 0 spiro atoms. The largest absolute Gasteiger partial charge is 0.506 e. The number of sulfonamides is 1. The van der Waals surface area contributed by atoms with Crippen LogP contribution in [0.5, 0.6) is 5.75 Å². The fourth-order valence-electron chi connectivity index (χ4n) is 1.29. The Bertz CT molecular complexity index is 720. The topological polar surface area (TPSA) is 118 Å². The summed E-state index contributed by atoms with van der Waals surface area (Å²) in [4.78, 5) is 7.26. The lowest BCUT2D eigenvalue weighted by molar-refractivity contribution is 0.477. The van der Waals surface area contributed by atoms with E-state index in [2.05, 4.69) is 14.7 Å². The summed E-state index contributed by atoms with van der Waals surface area (Å²) < 4.78 is 26.3. The number of rotatable bonds is 3. The van der Waals surface area contributed by atoms with E-state index in [4.69, 9.17) is 17.3 Å². The number of aromatic nitrogens is 2. The highest BCUT2D eigenvalue weighted by Gasteiger charge is 2.16. The van der Waals surface area contributed by atoms with Crippen molar-refractivity contribution in [2.45, 2.75) is 4.90 Å². The first kappa shape index (κ1) is 13.4. The second-order valence-electron chi connectivity index (χ2n) is 3.55. The average molecular weight is 301 g/mol. The Morgan fingerprint density at radius 2 is 2.00 bits per heavy atom. The molecule has 0 unspecified atom stereocenters. The molecular weight excluding hydrogens is 292 g/mol. The quantitative estimate of drug-likeness (QED) is 0.445. The maximum Gasteiger partial charge on any atom is 0.263 e. The molecule has 100 valence electrons. The maximum absolute atomic E-state index is 12.0. The van der Waals surface area contributed by atoms with E-state index in [1.54, 1.807) is 0 Å². The number of halogens is 1. The highest BCUT2D eigenvalue weighted by Crippen LogP contribution is 2.24. The molecule has 1 aromatic heterocycles. The first-order valence-corrected chi connectivity index (χ1v) is 6.83. The molecule has 0 radical (unpaired) electrons. The SMILES string of the molecule is Nc1cc(S(=O)(=O)Nc2cc(Cl)ncn2)ccc1O. The van der Waals surface area contributed by atoms with Gasteiger partial charge in [-0.2, -0.15) is 0 Å². The molecule has 0 bridgehead atoms. The zero-order valence-corrected chi connectivity index (χ0v) is 11.0. The van der Waals surface area contributed by atoms with E-state index in [1.165, 1.54) is 18.2 Å². The third kappa shape index (κ3) is 3.04. The van der Waals surface area contributed by atoms with Crippen LogP contribution in [0.2, 0.25) is 5.15 Å². The van der Waals surface area contributed by atoms with Crippen molar-refractivity contribution in [3.05, 3.63) is 35.7 Å². The number of phenolic OH excluding ortho intramolecular Hbond substituents is 1. The second kappa shape index (κ2) is 4.90. The van der Waals surface area contributed by atoms with E-state index in [9.17, 15) is 13.5 Å². The molecule has 0 aliphatic carbocycles. The van der Waals surface area contributed by atoms with Gasteiger partial charge in [0.05, 0.1) is 10.6 Å². The van der Waals surface area contributed by atoms with Crippen molar-refractivity contribution in [1.29, 1.82) is 0 Å². The van der Waals surface area contributed by atoms with Crippen molar-refractivity contribution in [2.75, 3.05) is 10.5 Å². The molecule has 0 aliphatic rings. The zero-order valence-electron chi connectivity index (χ0n) is 9.41. The fraction of sp³-hybridized carbons (Fsp3) is 0. The molecule has 1 aromatic carbocycles. The number of anilines is 2. The number of nitrogens with zero attached hydrogens (tertiary/aromatic N) is 2. The van der Waals surface area contributed by atoms with Gasteiger partial charge in [0.1, 0.15) is 23.0 Å². The minimum absolute atomic E-state index is 0.0339. The highest BCUT2D eigenvalue weighted by atomic mass is 35.5. The van der Waals surface area contributed by atoms with Gasteiger partial charge in [-0.15, -0.1) is 0 Å². The minimum Gasteiger partial charge on any atom is -0.506 e. The van der Waals surface area contributed by atoms with Crippen LogP contribution in [0.3, 0.4) is 0 Å². The molecule has 0 amide bonds. The maximum atomic E-state index is 12.0. The van der Waals surface area contributed by atoms with Crippen LogP contribution in [0.1, 0.15) is 0 Å². The van der Waals surface area contributed by atoms with Gasteiger partial charge in [-0.3, -0.25) is 4.72 Å². The Labute approximate surface area is 114 Å². The summed E-state index contributed by atoms with van der Waals surface area (Å²) in [6, 6.07) is 4.82. The van der Waals surface area contributed by atoms with Crippen LogP contribution in [0, 0.1) is 0 Å². The summed E-state index contributed by atoms with van der Waals surface area (Å²) in [5, 5.41) is 9.37. The van der Waals surface area contributed by atoms with Crippen molar-refractivity contribution in [1.82, 2.24) is 9.97 Å². The molecule has 19 heavy (non-hydrogen) atoms. The molecule has 1 heterocycles. The van der Waals surface area contributed by atoms with Gasteiger partial charge < -0.3 is 10.8 Å². The van der Waals surface area contributed by atoms with Crippen molar-refractivity contribution >= 4 is 33.1 Å². The Hall–Kier alpha value is -2.06. The number of aromatic hydroxyl groups is 1. The predicted octanol–water partition coefficient (Wildman–Crippen LogP) is 1.22. The minimum atomic E-state index is -3.86. The second-order valence-corrected chi connectivity index (χ2v) is 5.62. The molecule has 0 fully saturated rings. The first-order valence-electron chi connectivity index (χ1n) is 4.97. The van der Waals surface area contributed by atoms with E-state index in [0.717, 1.165) is 12.4 Å². The first-order chi connectivity index (χ1) is 8.88. The van der Waals surface area contributed by atoms with Gasteiger partial charge in [-0.1, -0.05) is 11.6 Å². The summed E-state index contributed by atoms with van der Waals surface area (Å²) >= 11 is 5.63. The molecule has 4 N–H and O–H groups in total. The molecule has 0 aliphatic heterocycles. The molecule has 9 heteroatoms.